The second-order valence-corrected chi connectivity index (χ2v) is 5.37. The van der Waals surface area contributed by atoms with Crippen LogP contribution in [0.5, 0.6) is 0 Å². The van der Waals surface area contributed by atoms with Crippen LogP contribution in [0.1, 0.15) is 28.2 Å². The minimum Gasteiger partial charge on any atom is -0.464 e. The van der Waals surface area contributed by atoms with Crippen molar-refractivity contribution in [1.29, 1.82) is 0 Å². The summed E-state index contributed by atoms with van der Waals surface area (Å²) in [5, 5.41) is -0.0249. The number of carbonyl (C=O) groups is 2. The van der Waals surface area contributed by atoms with E-state index in [0.29, 0.717) is 17.9 Å². The number of hydrogen-bond donors (Lipinski definition) is 0. The zero-order valence-corrected chi connectivity index (χ0v) is 10.8. The number of amides is 1. The zero-order chi connectivity index (χ0) is 12.7. The molecule has 2 aliphatic heterocycles. The van der Waals surface area contributed by atoms with E-state index in [0.717, 1.165) is 5.56 Å². The fourth-order valence-electron chi connectivity index (χ4n) is 2.46. The van der Waals surface area contributed by atoms with E-state index in [2.05, 4.69) is 0 Å². The minimum atomic E-state index is -0.445. The van der Waals surface area contributed by atoms with Gasteiger partial charge in [-0.3, -0.25) is 4.79 Å². The Labute approximate surface area is 109 Å². The molecule has 0 spiro atoms. The Morgan fingerprint density at radius 3 is 3.06 bits per heavy atom. The van der Waals surface area contributed by atoms with Gasteiger partial charge in [-0.2, -0.15) is 0 Å². The Morgan fingerprint density at radius 2 is 2.28 bits per heavy atom. The number of benzene rings is 1. The van der Waals surface area contributed by atoms with Crippen molar-refractivity contribution in [2.45, 2.75) is 18.3 Å². The Kier molecular flexibility index (Phi) is 2.78. The van der Waals surface area contributed by atoms with E-state index in [4.69, 9.17) is 4.74 Å². The molecule has 0 radical (unpaired) electrons. The molecule has 2 heterocycles. The van der Waals surface area contributed by atoms with Crippen molar-refractivity contribution in [3.63, 3.8) is 0 Å². The molecular formula is C13H13NO3S. The Morgan fingerprint density at radius 1 is 1.50 bits per heavy atom. The first-order valence-corrected chi connectivity index (χ1v) is 6.98. The quantitative estimate of drug-likeness (QED) is 0.764. The lowest BCUT2D eigenvalue weighted by Crippen LogP contribution is -2.40. The molecule has 1 aromatic rings. The van der Waals surface area contributed by atoms with Crippen molar-refractivity contribution in [3.8, 4) is 0 Å². The summed E-state index contributed by atoms with van der Waals surface area (Å²) in [4.78, 5) is 25.8. The van der Waals surface area contributed by atoms with Gasteiger partial charge in [0.05, 0.1) is 6.61 Å². The van der Waals surface area contributed by atoms with Crippen LogP contribution in [0.25, 0.3) is 0 Å². The number of hydrogen-bond acceptors (Lipinski definition) is 4. The second kappa shape index (κ2) is 4.31. The topological polar surface area (TPSA) is 46.6 Å². The lowest BCUT2D eigenvalue weighted by molar-refractivity contribution is -0.147. The molecule has 0 saturated carbocycles. The van der Waals surface area contributed by atoms with Gasteiger partial charge in [-0.25, -0.2) is 4.79 Å². The van der Waals surface area contributed by atoms with E-state index in [1.807, 2.05) is 24.3 Å². The standard InChI is InChI=1S/C13H13NO3S/c1-2-17-13(16)10-7-18-12-9-6-4-3-5-8(9)11(15)14(10)12/h3-6,10,12H,2,7H2,1H3/t10-,12+/m1/s1. The molecule has 0 aromatic heterocycles. The van der Waals surface area contributed by atoms with Crippen molar-refractivity contribution < 1.29 is 14.3 Å². The van der Waals surface area contributed by atoms with Gasteiger partial charge in [0.25, 0.3) is 5.91 Å². The summed E-state index contributed by atoms with van der Waals surface area (Å²) in [5.74, 6) is 0.260. The molecule has 5 heteroatoms. The molecule has 2 atom stereocenters. The summed E-state index contributed by atoms with van der Waals surface area (Å²) in [6.45, 7) is 2.12. The first kappa shape index (κ1) is 11.6. The molecule has 0 unspecified atom stereocenters. The number of ether oxygens (including phenoxy) is 1. The molecule has 18 heavy (non-hydrogen) atoms. The molecule has 2 aliphatic rings. The molecule has 1 aromatic carbocycles. The first-order chi connectivity index (χ1) is 8.74. The van der Waals surface area contributed by atoms with E-state index >= 15 is 0 Å². The third-order valence-electron chi connectivity index (χ3n) is 3.25. The number of nitrogens with zero attached hydrogens (tertiary/aromatic N) is 1. The van der Waals surface area contributed by atoms with Gasteiger partial charge in [0, 0.05) is 11.3 Å². The van der Waals surface area contributed by atoms with E-state index in [1.165, 1.54) is 0 Å². The predicted molar refractivity (Wildman–Crippen MR) is 68.2 cm³/mol. The number of carbonyl (C=O) groups excluding carboxylic acids is 2. The third kappa shape index (κ3) is 1.54. The maximum Gasteiger partial charge on any atom is 0.329 e. The van der Waals surface area contributed by atoms with Crippen molar-refractivity contribution in [1.82, 2.24) is 4.90 Å². The monoisotopic (exact) mass is 263 g/mol. The summed E-state index contributed by atoms with van der Waals surface area (Å²) in [6, 6.07) is 7.11. The van der Waals surface area contributed by atoms with Gasteiger partial charge in [0.2, 0.25) is 0 Å². The van der Waals surface area contributed by atoms with Gasteiger partial charge in [0.15, 0.2) is 0 Å². The van der Waals surface area contributed by atoms with Crippen LogP contribution in [0.4, 0.5) is 0 Å². The van der Waals surface area contributed by atoms with Crippen molar-refractivity contribution in [3.05, 3.63) is 35.4 Å². The zero-order valence-electron chi connectivity index (χ0n) is 9.96. The summed E-state index contributed by atoms with van der Waals surface area (Å²) < 4.78 is 5.03. The van der Waals surface area contributed by atoms with Crippen molar-refractivity contribution >= 4 is 23.6 Å². The van der Waals surface area contributed by atoms with Crippen LogP contribution < -0.4 is 0 Å². The highest BCUT2D eigenvalue weighted by Crippen LogP contribution is 2.48. The lowest BCUT2D eigenvalue weighted by Gasteiger charge is -2.21. The predicted octanol–water partition coefficient (Wildman–Crippen LogP) is 1.82. The molecule has 0 bridgehead atoms. The van der Waals surface area contributed by atoms with Gasteiger partial charge in [-0.1, -0.05) is 18.2 Å². The molecule has 94 valence electrons. The highest BCUT2D eigenvalue weighted by molar-refractivity contribution is 7.99. The highest BCUT2D eigenvalue weighted by atomic mass is 32.2. The van der Waals surface area contributed by atoms with Crippen LogP contribution in [0, 0.1) is 0 Å². The Balaban J connectivity index is 1.93. The van der Waals surface area contributed by atoms with Crippen molar-refractivity contribution in [2.75, 3.05) is 12.4 Å². The average molecular weight is 263 g/mol. The summed E-state index contributed by atoms with van der Waals surface area (Å²) in [5.41, 5.74) is 1.73. The van der Waals surface area contributed by atoms with Gasteiger partial charge in [0.1, 0.15) is 11.4 Å². The van der Waals surface area contributed by atoms with Crippen LogP contribution in [0.2, 0.25) is 0 Å². The number of rotatable bonds is 2. The minimum absolute atomic E-state index is 0.0249. The molecule has 1 saturated heterocycles. The lowest BCUT2D eigenvalue weighted by atomic mass is 10.1. The summed E-state index contributed by atoms with van der Waals surface area (Å²) in [7, 11) is 0. The molecule has 4 nitrogen and oxygen atoms in total. The maximum absolute atomic E-state index is 12.3. The van der Waals surface area contributed by atoms with E-state index < -0.39 is 6.04 Å². The van der Waals surface area contributed by atoms with Gasteiger partial charge in [-0.15, -0.1) is 11.8 Å². The van der Waals surface area contributed by atoms with Gasteiger partial charge >= 0.3 is 5.97 Å². The maximum atomic E-state index is 12.3. The number of esters is 1. The molecule has 1 amide bonds. The largest absolute Gasteiger partial charge is 0.464 e. The van der Waals surface area contributed by atoms with E-state index in [-0.39, 0.29) is 17.3 Å². The molecule has 0 aliphatic carbocycles. The molecule has 1 fully saturated rings. The normalized spacial score (nSPS) is 24.9. The van der Waals surface area contributed by atoms with Gasteiger partial charge in [-0.05, 0) is 18.6 Å². The first-order valence-electron chi connectivity index (χ1n) is 5.94. The van der Waals surface area contributed by atoms with Crippen LogP contribution in [0.15, 0.2) is 24.3 Å². The van der Waals surface area contributed by atoms with Crippen LogP contribution in [-0.4, -0.2) is 35.2 Å². The fraction of sp³-hybridized carbons (Fsp3) is 0.385. The van der Waals surface area contributed by atoms with Crippen LogP contribution in [0.3, 0.4) is 0 Å². The SMILES string of the molecule is CCOC(=O)[C@H]1CS[C@H]2c3ccccc3C(=O)N12. The van der Waals surface area contributed by atoms with E-state index in [9.17, 15) is 9.59 Å². The van der Waals surface area contributed by atoms with Crippen molar-refractivity contribution in [2.24, 2.45) is 0 Å². The van der Waals surface area contributed by atoms with Crippen LogP contribution in [-0.2, 0) is 9.53 Å². The second-order valence-electron chi connectivity index (χ2n) is 4.25. The number of fused-ring (bicyclic) bond motifs is 3. The Bertz CT molecular complexity index is 517. The molecular weight excluding hydrogens is 250 g/mol. The average Bonchev–Trinajstić information content (AvgIpc) is 2.92. The highest BCUT2D eigenvalue weighted by Gasteiger charge is 2.48. The summed E-state index contributed by atoms with van der Waals surface area (Å²) >= 11 is 1.63. The Hall–Kier alpha value is -1.49. The smallest absolute Gasteiger partial charge is 0.329 e. The number of thioether (sulfide) groups is 1. The third-order valence-corrected chi connectivity index (χ3v) is 4.56. The van der Waals surface area contributed by atoms with Gasteiger partial charge < -0.3 is 9.64 Å². The fourth-order valence-corrected chi connectivity index (χ4v) is 3.91. The van der Waals surface area contributed by atoms with Crippen LogP contribution >= 0.6 is 11.8 Å². The summed E-state index contributed by atoms with van der Waals surface area (Å²) in [6.07, 6.45) is 0. The molecule has 0 N–H and O–H groups in total. The molecule has 3 rings (SSSR count). The van der Waals surface area contributed by atoms with E-state index in [1.54, 1.807) is 23.6 Å².